The number of hydrazone groups is 1. The highest BCUT2D eigenvalue weighted by molar-refractivity contribution is 9.10. The molecule has 0 atom stereocenters. The van der Waals surface area contributed by atoms with Crippen LogP contribution in [-0.2, 0) is 20.9 Å². The summed E-state index contributed by atoms with van der Waals surface area (Å²) in [4.78, 5) is 35.6. The lowest BCUT2D eigenvalue weighted by molar-refractivity contribution is -0.136. The lowest BCUT2D eigenvalue weighted by atomic mass is 10.2. The molecule has 0 unspecified atom stereocenters. The monoisotopic (exact) mass is 498 g/mol. The van der Waals surface area contributed by atoms with Gasteiger partial charge < -0.3 is 19.8 Å². The van der Waals surface area contributed by atoms with Crippen molar-refractivity contribution in [2.45, 2.75) is 6.54 Å². The third kappa shape index (κ3) is 7.10. The zero-order chi connectivity index (χ0) is 22.8. The second kappa shape index (κ2) is 11.5. The van der Waals surface area contributed by atoms with Crippen LogP contribution in [0.1, 0.15) is 11.3 Å². The normalized spacial score (nSPS) is 10.5. The van der Waals surface area contributed by atoms with Crippen LogP contribution in [0.2, 0.25) is 0 Å². The minimum Gasteiger partial charge on any atom is -0.484 e. The van der Waals surface area contributed by atoms with Gasteiger partial charge in [-0.1, -0.05) is 12.1 Å². The van der Waals surface area contributed by atoms with Gasteiger partial charge in [-0.25, -0.2) is 5.43 Å². The molecule has 164 valence electrons. The molecular weight excluding hydrogens is 480 g/mol. The van der Waals surface area contributed by atoms with E-state index in [-0.39, 0.29) is 19.1 Å². The summed E-state index contributed by atoms with van der Waals surface area (Å²) in [5, 5.41) is 8.93. The van der Waals surface area contributed by atoms with Crippen LogP contribution in [0, 0.1) is 0 Å². The summed E-state index contributed by atoms with van der Waals surface area (Å²) >= 11 is 3.29. The predicted octanol–water partition coefficient (Wildman–Crippen LogP) is 2.83. The maximum absolute atomic E-state index is 11.9. The topological polar surface area (TPSA) is 122 Å². The number of carbonyl (C=O) groups excluding carboxylic acids is 3. The zero-order valence-corrected chi connectivity index (χ0v) is 18.3. The van der Waals surface area contributed by atoms with E-state index in [2.05, 4.69) is 37.1 Å². The molecule has 0 bridgehead atoms. The van der Waals surface area contributed by atoms with E-state index in [9.17, 15) is 14.4 Å². The number of furan rings is 1. The molecule has 9 nitrogen and oxygen atoms in total. The van der Waals surface area contributed by atoms with Crippen LogP contribution in [-0.4, -0.2) is 30.5 Å². The van der Waals surface area contributed by atoms with E-state index in [1.165, 1.54) is 12.5 Å². The van der Waals surface area contributed by atoms with Crippen LogP contribution >= 0.6 is 15.9 Å². The third-order valence-corrected chi connectivity index (χ3v) is 4.69. The Hall–Kier alpha value is -3.92. The predicted molar refractivity (Wildman–Crippen MR) is 121 cm³/mol. The zero-order valence-electron chi connectivity index (χ0n) is 16.7. The number of halogens is 1. The van der Waals surface area contributed by atoms with Gasteiger partial charge in [0.2, 0.25) is 0 Å². The van der Waals surface area contributed by atoms with E-state index in [0.717, 1.165) is 0 Å². The number of amides is 3. The molecule has 2 aromatic carbocycles. The molecule has 3 amide bonds. The molecule has 0 fully saturated rings. The number of nitrogens with one attached hydrogen (secondary N) is 3. The van der Waals surface area contributed by atoms with Crippen LogP contribution in [0.25, 0.3) is 0 Å². The van der Waals surface area contributed by atoms with Crippen molar-refractivity contribution in [2.75, 3.05) is 11.9 Å². The van der Waals surface area contributed by atoms with Crippen molar-refractivity contribution in [2.24, 2.45) is 5.10 Å². The number of benzene rings is 2. The lowest BCUT2D eigenvalue weighted by Gasteiger charge is -2.07. The van der Waals surface area contributed by atoms with Crippen LogP contribution in [0.4, 0.5) is 5.69 Å². The van der Waals surface area contributed by atoms with Gasteiger partial charge in [0.1, 0.15) is 11.5 Å². The minimum atomic E-state index is -0.905. The summed E-state index contributed by atoms with van der Waals surface area (Å²) in [5.41, 5.74) is 3.29. The Labute approximate surface area is 192 Å². The highest BCUT2D eigenvalue weighted by Gasteiger charge is 2.14. The average Bonchev–Trinajstić information content (AvgIpc) is 3.32. The molecule has 1 heterocycles. The van der Waals surface area contributed by atoms with Crippen molar-refractivity contribution in [1.82, 2.24) is 10.7 Å². The molecule has 32 heavy (non-hydrogen) atoms. The minimum absolute atomic E-state index is 0.142. The summed E-state index contributed by atoms with van der Waals surface area (Å²) in [6.45, 7) is 0.147. The molecule has 0 saturated carbocycles. The first-order valence-electron chi connectivity index (χ1n) is 9.42. The first kappa shape index (κ1) is 22.8. The van der Waals surface area contributed by atoms with Gasteiger partial charge in [-0.05, 0) is 70.0 Å². The molecular formula is C22H19BrN4O5. The second-order valence-corrected chi connectivity index (χ2v) is 7.20. The Balaban J connectivity index is 1.40. The summed E-state index contributed by atoms with van der Waals surface area (Å²) in [5.74, 6) is -0.886. The number of carbonyl (C=O) groups is 3. The molecule has 10 heteroatoms. The fourth-order valence-electron chi connectivity index (χ4n) is 2.41. The number of nitrogens with zero attached hydrogens (tertiary/aromatic N) is 1. The van der Waals surface area contributed by atoms with Crippen molar-refractivity contribution in [1.29, 1.82) is 0 Å². The molecule has 0 aliphatic carbocycles. The summed E-state index contributed by atoms with van der Waals surface area (Å²) in [6, 6.07) is 17.1. The van der Waals surface area contributed by atoms with Gasteiger partial charge in [-0.2, -0.15) is 5.10 Å². The average molecular weight is 499 g/mol. The van der Waals surface area contributed by atoms with E-state index in [1.54, 1.807) is 60.7 Å². The van der Waals surface area contributed by atoms with Crippen molar-refractivity contribution in [3.63, 3.8) is 0 Å². The lowest BCUT2D eigenvalue weighted by Crippen LogP contribution is -2.32. The van der Waals surface area contributed by atoms with E-state index in [4.69, 9.17) is 9.15 Å². The van der Waals surface area contributed by atoms with Gasteiger partial charge in [-0.3, -0.25) is 14.4 Å². The summed E-state index contributed by atoms with van der Waals surface area (Å²) in [6.07, 6.45) is 2.91. The van der Waals surface area contributed by atoms with Crippen molar-refractivity contribution >= 4 is 45.6 Å². The van der Waals surface area contributed by atoms with E-state index in [0.29, 0.717) is 27.2 Å². The van der Waals surface area contributed by atoms with Crippen molar-refractivity contribution in [3.05, 3.63) is 82.7 Å². The number of hydrogen-bond donors (Lipinski definition) is 3. The number of ether oxygens (including phenoxy) is 1. The molecule has 3 rings (SSSR count). The molecule has 3 aromatic rings. The van der Waals surface area contributed by atoms with Gasteiger partial charge in [0.25, 0.3) is 5.91 Å². The Morgan fingerprint density at radius 1 is 1.00 bits per heavy atom. The summed E-state index contributed by atoms with van der Waals surface area (Å²) < 4.78 is 11.2. The number of rotatable bonds is 8. The highest BCUT2D eigenvalue weighted by Crippen LogP contribution is 2.20. The van der Waals surface area contributed by atoms with Crippen LogP contribution in [0.3, 0.4) is 0 Å². The molecule has 0 spiro atoms. The van der Waals surface area contributed by atoms with E-state index < -0.39 is 11.8 Å². The first-order chi connectivity index (χ1) is 15.5. The third-order valence-electron chi connectivity index (χ3n) is 4.00. The molecule has 3 N–H and O–H groups in total. The van der Waals surface area contributed by atoms with Gasteiger partial charge in [0.15, 0.2) is 6.61 Å². The maximum Gasteiger partial charge on any atom is 0.329 e. The smallest absolute Gasteiger partial charge is 0.329 e. The van der Waals surface area contributed by atoms with Gasteiger partial charge >= 0.3 is 11.8 Å². The fraction of sp³-hybridized carbons (Fsp3) is 0.0909. The standard InChI is InChI=1S/C22H19BrN4O5/c23-18-5-1-2-6-19(18)26-21(29)22(30)27-25-12-15-7-9-16(10-8-15)32-14-20(28)24-13-17-4-3-11-31-17/h1-12H,13-14H2,(H,24,28)(H,26,29)(H,27,30). The number of para-hydroxylation sites is 1. The molecule has 0 aliphatic heterocycles. The van der Waals surface area contributed by atoms with Crippen molar-refractivity contribution in [3.8, 4) is 5.75 Å². The summed E-state index contributed by atoms with van der Waals surface area (Å²) in [7, 11) is 0. The van der Waals surface area contributed by atoms with Crippen LogP contribution < -0.4 is 20.8 Å². The highest BCUT2D eigenvalue weighted by atomic mass is 79.9. The van der Waals surface area contributed by atoms with Gasteiger partial charge in [0, 0.05) is 4.47 Å². The molecule has 1 aromatic heterocycles. The largest absolute Gasteiger partial charge is 0.484 e. The quantitative estimate of drug-likeness (QED) is 0.250. The van der Waals surface area contributed by atoms with E-state index in [1.807, 2.05) is 0 Å². The number of hydrogen-bond acceptors (Lipinski definition) is 6. The number of anilines is 1. The van der Waals surface area contributed by atoms with Crippen LogP contribution in [0.5, 0.6) is 5.75 Å². The SMILES string of the molecule is O=C(COc1ccc(C=NNC(=O)C(=O)Nc2ccccc2Br)cc1)NCc1ccco1. The van der Waals surface area contributed by atoms with Gasteiger partial charge in [0.05, 0.1) is 24.7 Å². The Morgan fingerprint density at radius 3 is 2.50 bits per heavy atom. The Kier molecular flexibility index (Phi) is 8.15. The first-order valence-corrected chi connectivity index (χ1v) is 10.2. The van der Waals surface area contributed by atoms with E-state index >= 15 is 0 Å². The molecule has 0 radical (unpaired) electrons. The second-order valence-electron chi connectivity index (χ2n) is 6.35. The fourth-order valence-corrected chi connectivity index (χ4v) is 2.79. The van der Waals surface area contributed by atoms with Crippen molar-refractivity contribution < 1.29 is 23.5 Å². The van der Waals surface area contributed by atoms with Crippen LogP contribution in [0.15, 0.2) is 80.9 Å². The maximum atomic E-state index is 11.9. The Morgan fingerprint density at radius 2 is 1.78 bits per heavy atom. The molecule has 0 saturated heterocycles. The molecule has 0 aliphatic rings. The van der Waals surface area contributed by atoms with Gasteiger partial charge in [-0.15, -0.1) is 0 Å². The Bertz CT molecular complexity index is 1100.